The zero-order valence-corrected chi connectivity index (χ0v) is 32.4. The van der Waals surface area contributed by atoms with Gasteiger partial charge in [-0.05, 0) is 137 Å². The van der Waals surface area contributed by atoms with Gasteiger partial charge in [0.2, 0.25) is 0 Å². The molecule has 0 spiro atoms. The Hall–Kier alpha value is -5.68. The number of nitrogens with zero attached hydrogens (tertiary/aromatic N) is 1. The summed E-state index contributed by atoms with van der Waals surface area (Å²) in [6.07, 6.45) is 9.72. The van der Waals surface area contributed by atoms with Gasteiger partial charge in [0.25, 0.3) is 0 Å². The highest BCUT2D eigenvalue weighted by molar-refractivity contribution is 8.33. The number of fused-ring (bicyclic) bond motifs is 11. The van der Waals surface area contributed by atoms with E-state index in [0.29, 0.717) is 0 Å². The molecule has 0 saturated carbocycles. The van der Waals surface area contributed by atoms with Crippen molar-refractivity contribution in [2.75, 3.05) is 29.9 Å². The van der Waals surface area contributed by atoms with Crippen LogP contribution in [0.5, 0.6) is 0 Å². The molecular formula is C50H39NOS2. The van der Waals surface area contributed by atoms with Gasteiger partial charge in [-0.25, -0.2) is 0 Å². The van der Waals surface area contributed by atoms with E-state index in [1.54, 1.807) is 0 Å². The van der Waals surface area contributed by atoms with Crippen LogP contribution in [-0.2, 0) is 0 Å². The SMILES string of the molecule is CS1(C)c2ccccc2-c2cc(N(c3ccc(-c4ccc5ccccc5c4)cc3)c3ccc4c(c3)-c3c(ccc5c3oc3ccccc35)S4(C)C)ccc21. The highest BCUT2D eigenvalue weighted by atomic mass is 32.3. The zero-order valence-electron chi connectivity index (χ0n) is 30.8. The number of furan rings is 1. The second kappa shape index (κ2) is 11.4. The standard InChI is InChI=1S/C50H39NOS2/c1-53(2)45-16-10-8-14-40(45)42-30-37(23-26-46(42)53)51(36-21-19-33(20-22-36)35-18-17-32-11-5-6-12-34(32)29-35)38-24-27-47-43(31-38)49-48(54(47,3)4)28-25-41-39-13-7-9-15-44(39)52-50(41)49/h5-31H,1-4H3. The molecule has 9 aromatic rings. The zero-order chi connectivity index (χ0) is 36.3. The topological polar surface area (TPSA) is 16.4 Å². The van der Waals surface area contributed by atoms with E-state index in [2.05, 4.69) is 194 Å². The average molecular weight is 734 g/mol. The van der Waals surface area contributed by atoms with Gasteiger partial charge in [-0.2, -0.15) is 20.1 Å². The molecule has 3 heterocycles. The normalized spacial score (nSPS) is 15.8. The molecule has 8 aromatic carbocycles. The Bertz CT molecular complexity index is 3010. The van der Waals surface area contributed by atoms with E-state index in [1.165, 1.54) is 74.5 Å². The molecule has 0 atom stereocenters. The molecule has 2 aliphatic heterocycles. The fourth-order valence-corrected chi connectivity index (χ4v) is 14.0. The monoisotopic (exact) mass is 733 g/mol. The van der Waals surface area contributed by atoms with Crippen molar-refractivity contribution in [1.82, 2.24) is 0 Å². The molecule has 0 radical (unpaired) electrons. The summed E-state index contributed by atoms with van der Waals surface area (Å²) < 4.78 is 6.70. The minimum absolute atomic E-state index is 0.940. The molecule has 0 unspecified atom stereocenters. The second-order valence-electron chi connectivity index (χ2n) is 15.4. The average Bonchev–Trinajstić information content (AvgIpc) is 3.77. The largest absolute Gasteiger partial charge is 0.455 e. The van der Waals surface area contributed by atoms with Crippen molar-refractivity contribution in [3.63, 3.8) is 0 Å². The van der Waals surface area contributed by atoms with Gasteiger partial charge < -0.3 is 9.32 Å². The first-order valence-electron chi connectivity index (χ1n) is 18.5. The van der Waals surface area contributed by atoms with Gasteiger partial charge in [0.1, 0.15) is 11.2 Å². The van der Waals surface area contributed by atoms with E-state index >= 15 is 0 Å². The van der Waals surface area contributed by atoms with E-state index in [4.69, 9.17) is 4.42 Å². The quantitative estimate of drug-likeness (QED) is 0.179. The van der Waals surface area contributed by atoms with Crippen molar-refractivity contribution in [2.24, 2.45) is 0 Å². The molecule has 54 heavy (non-hydrogen) atoms. The maximum absolute atomic E-state index is 6.70. The number of hydrogen-bond donors (Lipinski definition) is 0. The summed E-state index contributed by atoms with van der Waals surface area (Å²) in [5, 5.41) is 4.87. The van der Waals surface area contributed by atoms with Gasteiger partial charge in [0.05, 0.1) is 0 Å². The first-order chi connectivity index (χ1) is 26.3. The molecule has 1 aromatic heterocycles. The summed E-state index contributed by atoms with van der Waals surface area (Å²) in [5.41, 5.74) is 13.0. The third kappa shape index (κ3) is 4.51. The molecule has 2 nitrogen and oxygen atoms in total. The Morgan fingerprint density at radius 1 is 0.407 bits per heavy atom. The van der Waals surface area contributed by atoms with Crippen molar-refractivity contribution in [1.29, 1.82) is 0 Å². The molecule has 4 heteroatoms. The lowest BCUT2D eigenvalue weighted by Gasteiger charge is -2.30. The minimum Gasteiger partial charge on any atom is -0.455 e. The smallest absolute Gasteiger partial charge is 0.144 e. The molecule has 11 rings (SSSR count). The molecule has 0 bridgehead atoms. The van der Waals surface area contributed by atoms with Crippen LogP contribution in [0.15, 0.2) is 188 Å². The van der Waals surface area contributed by atoms with E-state index in [1.807, 2.05) is 0 Å². The summed E-state index contributed by atoms with van der Waals surface area (Å²) in [6.45, 7) is 0. The minimum atomic E-state index is -1.25. The second-order valence-corrected chi connectivity index (χ2v) is 22.4. The Morgan fingerprint density at radius 3 is 1.81 bits per heavy atom. The number of benzene rings is 8. The molecule has 0 fully saturated rings. The fraction of sp³-hybridized carbons (Fsp3) is 0.0800. The summed E-state index contributed by atoms with van der Waals surface area (Å²) in [4.78, 5) is 8.19. The van der Waals surface area contributed by atoms with Crippen LogP contribution in [0.4, 0.5) is 17.1 Å². The van der Waals surface area contributed by atoms with Crippen molar-refractivity contribution < 1.29 is 4.42 Å². The summed E-state index contributed by atoms with van der Waals surface area (Å²) in [5.74, 6) is 0. The predicted molar refractivity (Wildman–Crippen MR) is 234 cm³/mol. The van der Waals surface area contributed by atoms with Crippen molar-refractivity contribution >= 4 is 69.8 Å². The predicted octanol–water partition coefficient (Wildman–Crippen LogP) is 14.8. The number of hydrogen-bond acceptors (Lipinski definition) is 2. The van der Waals surface area contributed by atoms with Crippen LogP contribution in [0.1, 0.15) is 0 Å². The van der Waals surface area contributed by atoms with Crippen molar-refractivity contribution in [3.05, 3.63) is 164 Å². The molecule has 0 aliphatic carbocycles. The van der Waals surface area contributed by atoms with Crippen LogP contribution in [0.2, 0.25) is 0 Å². The maximum Gasteiger partial charge on any atom is 0.144 e. The lowest BCUT2D eigenvalue weighted by atomic mass is 9.99. The van der Waals surface area contributed by atoms with Crippen molar-refractivity contribution in [3.8, 4) is 33.4 Å². The van der Waals surface area contributed by atoms with Crippen LogP contribution < -0.4 is 4.90 Å². The summed E-state index contributed by atoms with van der Waals surface area (Å²) >= 11 is 0. The van der Waals surface area contributed by atoms with Gasteiger partial charge in [-0.15, -0.1) is 0 Å². The molecule has 2 aliphatic rings. The molecule has 0 saturated heterocycles. The van der Waals surface area contributed by atoms with Crippen LogP contribution >= 0.6 is 20.1 Å². The Morgan fingerprint density at radius 2 is 1.00 bits per heavy atom. The van der Waals surface area contributed by atoms with Gasteiger partial charge in [-0.3, -0.25) is 0 Å². The van der Waals surface area contributed by atoms with E-state index in [9.17, 15) is 0 Å². The third-order valence-corrected chi connectivity index (χ3v) is 17.6. The Labute approximate surface area is 319 Å². The van der Waals surface area contributed by atoms with Crippen LogP contribution in [0, 0.1) is 0 Å². The van der Waals surface area contributed by atoms with Crippen LogP contribution in [0.3, 0.4) is 0 Å². The third-order valence-electron chi connectivity index (χ3n) is 11.8. The van der Waals surface area contributed by atoms with Crippen molar-refractivity contribution in [2.45, 2.75) is 19.6 Å². The maximum atomic E-state index is 6.70. The molecule has 0 amide bonds. The first-order valence-corrected chi connectivity index (χ1v) is 23.4. The molecular weight excluding hydrogens is 695 g/mol. The summed E-state index contributed by atoms with van der Waals surface area (Å²) in [7, 11) is -2.35. The molecule has 262 valence electrons. The number of anilines is 3. The Balaban J connectivity index is 1.11. The van der Waals surface area contributed by atoms with Gasteiger partial charge >= 0.3 is 0 Å². The Kier molecular flexibility index (Phi) is 6.72. The van der Waals surface area contributed by atoms with E-state index in [-0.39, 0.29) is 0 Å². The lowest BCUT2D eigenvalue weighted by molar-refractivity contribution is 0.669. The van der Waals surface area contributed by atoms with E-state index < -0.39 is 20.1 Å². The highest BCUT2D eigenvalue weighted by Crippen LogP contribution is 2.70. The number of rotatable bonds is 4. The van der Waals surface area contributed by atoms with Gasteiger partial charge in [0, 0.05) is 58.5 Å². The van der Waals surface area contributed by atoms with E-state index in [0.717, 1.165) is 28.2 Å². The summed E-state index contributed by atoms with van der Waals surface area (Å²) in [6, 6.07) is 60.8. The van der Waals surface area contributed by atoms with Gasteiger partial charge in [-0.1, -0.05) is 84.9 Å². The molecule has 0 N–H and O–H groups in total. The lowest BCUT2D eigenvalue weighted by Crippen LogP contribution is -2.10. The van der Waals surface area contributed by atoms with Crippen LogP contribution in [-0.4, -0.2) is 25.0 Å². The fourth-order valence-electron chi connectivity index (χ4n) is 9.05. The highest BCUT2D eigenvalue weighted by Gasteiger charge is 2.36. The number of para-hydroxylation sites is 1. The van der Waals surface area contributed by atoms with Crippen LogP contribution in [0.25, 0.3) is 66.1 Å². The first kappa shape index (κ1) is 31.8. The van der Waals surface area contributed by atoms with Gasteiger partial charge in [0.15, 0.2) is 0 Å².